The molecule has 0 aliphatic carbocycles. The quantitative estimate of drug-likeness (QED) is 0.905. The largest absolute Gasteiger partial charge is 0.496 e. The normalized spacial score (nSPS) is 12.6. The summed E-state index contributed by atoms with van der Waals surface area (Å²) < 4.78 is 41.7. The third kappa shape index (κ3) is 2.81. The molecule has 1 N–H and O–H groups in total. The van der Waals surface area contributed by atoms with Gasteiger partial charge in [0.25, 0.3) is 0 Å². The Kier molecular flexibility index (Phi) is 4.02. The summed E-state index contributed by atoms with van der Waals surface area (Å²) >= 11 is 0. The fourth-order valence-corrected chi connectivity index (χ4v) is 2.34. The molecule has 0 fully saturated rings. The van der Waals surface area contributed by atoms with E-state index >= 15 is 0 Å². The molecule has 6 heteroatoms. The van der Waals surface area contributed by atoms with Crippen molar-refractivity contribution in [2.24, 2.45) is 0 Å². The van der Waals surface area contributed by atoms with Crippen molar-refractivity contribution < 1.29 is 22.7 Å². The minimum absolute atomic E-state index is 0.207. The Morgan fingerprint density at radius 3 is 2.33 bits per heavy atom. The first-order valence-electron chi connectivity index (χ1n) is 5.32. The lowest BCUT2D eigenvalue weighted by Crippen LogP contribution is -2.23. The molecule has 0 aliphatic heterocycles. The molecule has 0 radical (unpaired) electrons. The maximum absolute atomic E-state index is 13.8. The fourth-order valence-electron chi connectivity index (χ4n) is 1.60. The Morgan fingerprint density at radius 2 is 1.94 bits per heavy atom. The van der Waals surface area contributed by atoms with Crippen LogP contribution in [0.2, 0.25) is 0 Å². The van der Waals surface area contributed by atoms with E-state index in [0.717, 1.165) is 18.4 Å². The number of halogens is 1. The molecule has 4 nitrogen and oxygen atoms in total. The van der Waals surface area contributed by atoms with Gasteiger partial charge in [-0.05, 0) is 6.07 Å². The van der Waals surface area contributed by atoms with Gasteiger partial charge in [0.15, 0.2) is 9.84 Å². The number of hydrogen-bond donors (Lipinski definition) is 1. The van der Waals surface area contributed by atoms with Crippen LogP contribution in [0.1, 0.15) is 19.4 Å². The summed E-state index contributed by atoms with van der Waals surface area (Å²) in [6, 6.07) is 2.25. The second kappa shape index (κ2) is 4.85. The number of sulfone groups is 1. The molecular formula is C12H17FO4S. The van der Waals surface area contributed by atoms with Crippen LogP contribution in [0, 0.1) is 5.82 Å². The molecule has 0 saturated carbocycles. The Hall–Kier alpha value is -1.14. The number of methoxy groups -OCH3 is 1. The van der Waals surface area contributed by atoms with Crippen LogP contribution in [0.3, 0.4) is 0 Å². The van der Waals surface area contributed by atoms with Crippen LogP contribution in [0.5, 0.6) is 5.75 Å². The van der Waals surface area contributed by atoms with Crippen LogP contribution in [-0.2, 0) is 15.3 Å². The van der Waals surface area contributed by atoms with Gasteiger partial charge in [-0.25, -0.2) is 12.8 Å². The van der Waals surface area contributed by atoms with Gasteiger partial charge < -0.3 is 9.84 Å². The molecule has 0 atom stereocenters. The molecule has 1 aromatic rings. The van der Waals surface area contributed by atoms with Crippen LogP contribution in [0.25, 0.3) is 0 Å². The molecule has 0 aromatic heterocycles. The lowest BCUT2D eigenvalue weighted by molar-refractivity contribution is 0.214. The summed E-state index contributed by atoms with van der Waals surface area (Å²) in [5, 5.41) is 9.29. The Morgan fingerprint density at radius 1 is 1.39 bits per heavy atom. The lowest BCUT2D eigenvalue weighted by Gasteiger charge is -2.25. The second-order valence-corrected chi connectivity index (χ2v) is 6.78. The number of ether oxygens (including phenoxy) is 1. The highest BCUT2D eigenvalue weighted by Gasteiger charge is 2.27. The predicted molar refractivity (Wildman–Crippen MR) is 66.2 cm³/mol. The van der Waals surface area contributed by atoms with Gasteiger partial charge in [0.2, 0.25) is 0 Å². The summed E-state index contributed by atoms with van der Waals surface area (Å²) in [5.41, 5.74) is -0.292. The third-order valence-corrected chi connectivity index (χ3v) is 3.89. The molecular weight excluding hydrogens is 259 g/mol. The monoisotopic (exact) mass is 276 g/mol. The summed E-state index contributed by atoms with van der Waals surface area (Å²) in [7, 11) is -2.28. The first kappa shape index (κ1) is 14.9. The minimum Gasteiger partial charge on any atom is -0.496 e. The topological polar surface area (TPSA) is 63.6 Å². The lowest BCUT2D eigenvalue weighted by atomic mass is 9.85. The van der Waals surface area contributed by atoms with Crippen molar-refractivity contribution >= 4 is 9.84 Å². The SMILES string of the molecule is COc1cc(S(C)(=O)=O)c(F)cc1C(C)(C)CO. The predicted octanol–water partition coefficient (Wildman–Crippen LogP) is 1.51. The van der Waals surface area contributed by atoms with Gasteiger partial charge in [-0.15, -0.1) is 0 Å². The molecule has 1 rings (SSSR count). The molecule has 102 valence electrons. The number of rotatable bonds is 4. The molecule has 0 heterocycles. The highest BCUT2D eigenvalue weighted by molar-refractivity contribution is 7.90. The van der Waals surface area contributed by atoms with Gasteiger partial charge in [0.05, 0.1) is 13.7 Å². The number of benzene rings is 1. The summed E-state index contributed by atoms with van der Waals surface area (Å²) in [6.45, 7) is 3.22. The molecule has 0 unspecified atom stereocenters. The van der Waals surface area contributed by atoms with Gasteiger partial charge in [-0.3, -0.25) is 0 Å². The van der Waals surface area contributed by atoms with Gasteiger partial charge in [0, 0.05) is 23.3 Å². The maximum Gasteiger partial charge on any atom is 0.178 e. The Balaban J connectivity index is 3.56. The molecule has 0 aliphatic rings. The molecule has 0 saturated heterocycles. The van der Waals surface area contributed by atoms with E-state index in [1.807, 2.05) is 0 Å². The minimum atomic E-state index is -3.65. The van der Waals surface area contributed by atoms with Gasteiger partial charge in [-0.1, -0.05) is 13.8 Å². The Labute approximate surface area is 106 Å². The first-order chi connectivity index (χ1) is 8.13. The first-order valence-corrected chi connectivity index (χ1v) is 7.21. The van der Waals surface area contributed by atoms with Crippen molar-refractivity contribution in [3.05, 3.63) is 23.5 Å². The average molecular weight is 276 g/mol. The van der Waals surface area contributed by atoms with Crippen LogP contribution >= 0.6 is 0 Å². The van der Waals surface area contributed by atoms with E-state index < -0.39 is 26.0 Å². The third-order valence-electron chi connectivity index (χ3n) is 2.78. The van der Waals surface area contributed by atoms with Crippen molar-refractivity contribution in [1.82, 2.24) is 0 Å². The zero-order chi connectivity index (χ0) is 14.1. The van der Waals surface area contributed by atoms with Gasteiger partial charge in [0.1, 0.15) is 16.5 Å². The molecule has 0 bridgehead atoms. The van der Waals surface area contributed by atoms with E-state index in [1.165, 1.54) is 7.11 Å². The van der Waals surface area contributed by atoms with E-state index in [0.29, 0.717) is 5.56 Å². The van der Waals surface area contributed by atoms with Crippen LogP contribution in [-0.4, -0.2) is 33.5 Å². The van der Waals surface area contributed by atoms with E-state index in [2.05, 4.69) is 0 Å². The smallest absolute Gasteiger partial charge is 0.178 e. The molecule has 1 aromatic carbocycles. The highest BCUT2D eigenvalue weighted by atomic mass is 32.2. The van der Waals surface area contributed by atoms with Gasteiger partial charge >= 0.3 is 0 Å². The zero-order valence-corrected chi connectivity index (χ0v) is 11.6. The molecule has 18 heavy (non-hydrogen) atoms. The Bertz CT molecular complexity index is 549. The number of aliphatic hydroxyl groups excluding tert-OH is 1. The van der Waals surface area contributed by atoms with Crippen molar-refractivity contribution in [2.45, 2.75) is 24.2 Å². The molecule has 0 amide bonds. The highest BCUT2D eigenvalue weighted by Crippen LogP contribution is 2.34. The summed E-state index contributed by atoms with van der Waals surface area (Å²) in [4.78, 5) is -0.406. The van der Waals surface area contributed by atoms with Crippen LogP contribution < -0.4 is 4.74 Å². The van der Waals surface area contributed by atoms with E-state index in [-0.39, 0.29) is 12.4 Å². The van der Waals surface area contributed by atoms with E-state index in [4.69, 9.17) is 4.74 Å². The van der Waals surface area contributed by atoms with Crippen molar-refractivity contribution in [3.63, 3.8) is 0 Å². The maximum atomic E-state index is 13.8. The second-order valence-electron chi connectivity index (χ2n) is 4.80. The summed E-state index contributed by atoms with van der Waals surface area (Å²) in [5.74, 6) is -0.592. The summed E-state index contributed by atoms with van der Waals surface area (Å²) in [6.07, 6.45) is 0.932. The van der Waals surface area contributed by atoms with E-state index in [1.54, 1.807) is 13.8 Å². The average Bonchev–Trinajstić information content (AvgIpc) is 2.27. The van der Waals surface area contributed by atoms with Crippen molar-refractivity contribution in [3.8, 4) is 5.75 Å². The van der Waals surface area contributed by atoms with Gasteiger partial charge in [-0.2, -0.15) is 0 Å². The number of hydrogen-bond acceptors (Lipinski definition) is 4. The van der Waals surface area contributed by atoms with E-state index in [9.17, 15) is 17.9 Å². The standard InChI is InChI=1S/C12H17FO4S/c1-12(2,7-14)8-5-9(13)11(18(4,15)16)6-10(8)17-3/h5-6,14H,7H2,1-4H3. The van der Waals surface area contributed by atoms with Crippen molar-refractivity contribution in [1.29, 1.82) is 0 Å². The van der Waals surface area contributed by atoms with Crippen LogP contribution in [0.4, 0.5) is 4.39 Å². The van der Waals surface area contributed by atoms with Crippen LogP contribution in [0.15, 0.2) is 17.0 Å². The zero-order valence-electron chi connectivity index (χ0n) is 10.8. The number of aliphatic hydroxyl groups is 1. The van der Waals surface area contributed by atoms with Crippen molar-refractivity contribution in [2.75, 3.05) is 20.0 Å². The molecule has 0 spiro atoms. The fraction of sp³-hybridized carbons (Fsp3) is 0.500.